The van der Waals surface area contributed by atoms with Crippen LogP contribution in [0.25, 0.3) is 21.7 Å². The number of aromatic nitrogens is 3. The van der Waals surface area contributed by atoms with Crippen molar-refractivity contribution in [1.29, 1.82) is 0 Å². The van der Waals surface area contributed by atoms with Crippen LogP contribution in [0.15, 0.2) is 84.4 Å². The molecule has 1 fully saturated rings. The molecule has 15 nitrogen and oxygen atoms in total. The van der Waals surface area contributed by atoms with E-state index < -0.39 is 23.6 Å². The molecule has 3 aromatic carbocycles. The van der Waals surface area contributed by atoms with Crippen LogP contribution in [0.3, 0.4) is 0 Å². The van der Waals surface area contributed by atoms with Gasteiger partial charge in [-0.15, -0.1) is 21.5 Å². The predicted molar refractivity (Wildman–Crippen MR) is 292 cm³/mol. The number of ether oxygens (including phenoxy) is 1. The Hall–Kier alpha value is -6.39. The highest BCUT2D eigenvalue weighted by molar-refractivity contribution is 7.13. The lowest BCUT2D eigenvalue weighted by atomic mass is 9.85. The number of amides is 4. The van der Waals surface area contributed by atoms with E-state index in [0.29, 0.717) is 56.0 Å². The molecule has 0 saturated carbocycles. The Kier molecular flexibility index (Phi) is 22.2. The number of phenols is 1. The smallest absolute Gasteiger partial charge is 0.246 e. The van der Waals surface area contributed by atoms with Crippen molar-refractivity contribution in [2.45, 2.75) is 168 Å². The van der Waals surface area contributed by atoms with Crippen molar-refractivity contribution in [3.05, 3.63) is 107 Å². The zero-order valence-corrected chi connectivity index (χ0v) is 44.7. The molecule has 4 amide bonds. The molecule has 5 aromatic rings. The first kappa shape index (κ1) is 56.9. The minimum Gasteiger partial charge on any atom is -0.507 e. The number of carbonyl (C=O) groups is 4. The average Bonchev–Trinajstić information content (AvgIpc) is 4.01. The number of likely N-dealkylation sites (tertiary alicyclic amines) is 1. The molecule has 398 valence electrons. The monoisotopic (exact) mass is 1030 g/mol. The fourth-order valence-corrected chi connectivity index (χ4v) is 10.1. The molecule has 6 rings (SSSR count). The van der Waals surface area contributed by atoms with Crippen molar-refractivity contribution < 1.29 is 34.1 Å². The largest absolute Gasteiger partial charge is 0.507 e. The van der Waals surface area contributed by atoms with Crippen molar-refractivity contribution in [3.63, 3.8) is 0 Å². The van der Waals surface area contributed by atoms with Crippen LogP contribution in [-0.2, 0) is 38.7 Å². The summed E-state index contributed by atoms with van der Waals surface area (Å²) in [6.45, 7) is 8.91. The zero-order chi connectivity index (χ0) is 52.9. The highest BCUT2D eigenvalue weighted by Crippen LogP contribution is 2.32. The second-order valence-corrected chi connectivity index (χ2v) is 21.6. The molecule has 0 aliphatic carbocycles. The number of nitrogens with one attached hydrogen (secondary N) is 3. The minimum absolute atomic E-state index is 0.0430. The SMILES string of the molecule is Cc1ncsc1-c1ccc(CNC(=O)[C@@H]2C[C@@H](O)CN2C(=O)[C@@H](NC(=O)CCCCCCCCCCCCCCCC(=O)NCc2ccc(CCOc3cc(-c4ccccc4O)nnc3N)cc2)C(C)(C)C)cc1. The van der Waals surface area contributed by atoms with Crippen LogP contribution in [0.5, 0.6) is 11.5 Å². The van der Waals surface area contributed by atoms with E-state index >= 15 is 0 Å². The van der Waals surface area contributed by atoms with E-state index in [1.54, 1.807) is 35.6 Å². The molecule has 1 saturated heterocycles. The summed E-state index contributed by atoms with van der Waals surface area (Å²) in [5, 5.41) is 37.8. The number of benzene rings is 3. The number of anilines is 1. The van der Waals surface area contributed by atoms with Gasteiger partial charge in [-0.05, 0) is 59.6 Å². The van der Waals surface area contributed by atoms with E-state index in [9.17, 15) is 29.4 Å². The maximum Gasteiger partial charge on any atom is 0.246 e. The van der Waals surface area contributed by atoms with Gasteiger partial charge in [0.15, 0.2) is 11.6 Å². The topological polar surface area (TPSA) is 222 Å². The van der Waals surface area contributed by atoms with Crippen LogP contribution in [0.1, 0.15) is 146 Å². The van der Waals surface area contributed by atoms with Gasteiger partial charge in [0.05, 0.1) is 28.8 Å². The lowest BCUT2D eigenvalue weighted by Crippen LogP contribution is -2.57. The number of rotatable bonds is 29. The van der Waals surface area contributed by atoms with Gasteiger partial charge in [0.25, 0.3) is 0 Å². The molecule has 0 bridgehead atoms. The first-order valence-corrected chi connectivity index (χ1v) is 27.5. The molecular formula is C58H78N8O7S. The number of carbonyl (C=O) groups excluding carboxylic acids is 4. The van der Waals surface area contributed by atoms with Gasteiger partial charge in [-0.1, -0.05) is 152 Å². The van der Waals surface area contributed by atoms with E-state index in [0.717, 1.165) is 77.8 Å². The Balaban J connectivity index is 0.748. The Morgan fingerprint density at radius 2 is 1.34 bits per heavy atom. The molecule has 1 aliphatic heterocycles. The third kappa shape index (κ3) is 17.9. The number of thiazole rings is 1. The van der Waals surface area contributed by atoms with Crippen molar-refractivity contribution in [2.75, 3.05) is 18.9 Å². The number of hydrogen-bond donors (Lipinski definition) is 6. The number of aromatic hydroxyl groups is 1. The maximum absolute atomic E-state index is 14.0. The number of nitrogen functional groups attached to an aromatic ring is 1. The van der Waals surface area contributed by atoms with Gasteiger partial charge in [0.2, 0.25) is 23.6 Å². The van der Waals surface area contributed by atoms with Crippen LogP contribution in [0.4, 0.5) is 5.82 Å². The van der Waals surface area contributed by atoms with Crippen molar-refractivity contribution in [3.8, 4) is 33.2 Å². The van der Waals surface area contributed by atoms with Crippen LogP contribution in [-0.4, -0.2) is 85.3 Å². The molecule has 0 unspecified atom stereocenters. The van der Waals surface area contributed by atoms with E-state index in [2.05, 4.69) is 31.1 Å². The summed E-state index contributed by atoms with van der Waals surface area (Å²) in [4.78, 5) is 60.0. The summed E-state index contributed by atoms with van der Waals surface area (Å²) < 4.78 is 5.92. The third-order valence-electron chi connectivity index (χ3n) is 13.6. The summed E-state index contributed by atoms with van der Waals surface area (Å²) in [7, 11) is 0. The van der Waals surface area contributed by atoms with E-state index in [4.69, 9.17) is 10.5 Å². The van der Waals surface area contributed by atoms with Gasteiger partial charge >= 0.3 is 0 Å². The molecule has 0 radical (unpaired) electrons. The number of aryl methyl sites for hydroxylation is 1. The lowest BCUT2D eigenvalue weighted by Gasteiger charge is -2.35. The second kappa shape index (κ2) is 28.9. The number of aliphatic hydroxyl groups excluding tert-OH is 1. The molecule has 3 atom stereocenters. The first-order chi connectivity index (χ1) is 35.7. The van der Waals surface area contributed by atoms with Crippen LogP contribution in [0, 0.1) is 12.3 Å². The van der Waals surface area contributed by atoms with E-state index in [1.807, 2.05) is 87.8 Å². The van der Waals surface area contributed by atoms with Crippen LogP contribution in [0.2, 0.25) is 0 Å². The summed E-state index contributed by atoms with van der Waals surface area (Å²) in [6.07, 6.45) is 15.1. The van der Waals surface area contributed by atoms with Crippen molar-refractivity contribution >= 4 is 40.8 Å². The maximum atomic E-state index is 14.0. The first-order valence-electron chi connectivity index (χ1n) is 26.6. The van der Waals surface area contributed by atoms with Gasteiger partial charge in [0.1, 0.15) is 23.5 Å². The molecule has 7 N–H and O–H groups in total. The van der Waals surface area contributed by atoms with Gasteiger partial charge in [-0.3, -0.25) is 19.2 Å². The standard InChI is InChI=1S/C58H78N8O7S/c1-40-53(74-39-62-40)44-30-28-43(29-31-44)37-61-56(71)48-34-45(67)38-66(48)57(72)54(58(2,3)4)63-52(70)23-17-15-13-11-9-7-5-6-8-10-12-14-16-22-51(69)60-36-42-26-24-41(25-27-42)32-33-73-50-35-47(64-65-55(50)59)46-20-18-19-21-49(46)68/h18-21,24-31,35,39,45,48,54,67-68H,5-17,22-23,32-34,36-38H2,1-4H3,(H2,59,65)(H,60,69)(H,61,71)(H,63,70)/t45-,48+,54-/m1/s1. The Labute approximate surface area is 441 Å². The number of aliphatic hydroxyl groups is 1. The average molecular weight is 1030 g/mol. The molecule has 1 aliphatic rings. The lowest BCUT2D eigenvalue weighted by molar-refractivity contribution is -0.144. The number of nitrogens with zero attached hydrogens (tertiary/aromatic N) is 4. The molecular weight excluding hydrogens is 953 g/mol. The molecule has 0 spiro atoms. The molecule has 74 heavy (non-hydrogen) atoms. The molecule has 16 heteroatoms. The number of para-hydroxylation sites is 1. The Morgan fingerprint density at radius 3 is 1.93 bits per heavy atom. The van der Waals surface area contributed by atoms with Crippen LogP contribution < -0.4 is 26.4 Å². The third-order valence-corrected chi connectivity index (χ3v) is 14.6. The Bertz CT molecular complexity index is 2560. The summed E-state index contributed by atoms with van der Waals surface area (Å²) in [5.41, 5.74) is 13.3. The summed E-state index contributed by atoms with van der Waals surface area (Å²) >= 11 is 1.59. The van der Waals surface area contributed by atoms with Crippen LogP contribution >= 0.6 is 11.3 Å². The van der Waals surface area contributed by atoms with Gasteiger partial charge in [0, 0.05) is 56.9 Å². The molecule has 2 aromatic heterocycles. The fourth-order valence-electron chi connectivity index (χ4n) is 9.24. The van der Waals surface area contributed by atoms with Crippen molar-refractivity contribution in [2.24, 2.45) is 5.41 Å². The number of hydrogen-bond acceptors (Lipinski definition) is 12. The second-order valence-electron chi connectivity index (χ2n) is 20.7. The highest BCUT2D eigenvalue weighted by Gasteiger charge is 2.44. The summed E-state index contributed by atoms with van der Waals surface area (Å²) in [5.74, 6) is -0.0643. The normalized spacial score (nSPS) is 14.9. The Morgan fingerprint density at radius 1 is 0.770 bits per heavy atom. The molecule has 3 heterocycles. The van der Waals surface area contributed by atoms with Gasteiger partial charge in [-0.25, -0.2) is 4.98 Å². The quantitative estimate of drug-likeness (QED) is 0.0248. The fraction of sp³-hybridized carbons (Fsp3) is 0.500. The zero-order valence-electron chi connectivity index (χ0n) is 43.9. The number of unbranched alkanes of at least 4 members (excludes halogenated alkanes) is 12. The van der Waals surface area contributed by atoms with Gasteiger partial charge < -0.3 is 41.5 Å². The number of β-amino-alcohol motifs (C(OH)–C–C–N with tert-alkyl or cyclic N) is 1. The van der Waals surface area contributed by atoms with E-state index in [-0.39, 0.29) is 48.2 Å². The highest BCUT2D eigenvalue weighted by atomic mass is 32.1. The number of phenolic OH excluding ortho intramolecular Hbond substituents is 1. The minimum atomic E-state index is -0.832. The van der Waals surface area contributed by atoms with Crippen molar-refractivity contribution in [1.82, 2.24) is 36.0 Å². The van der Waals surface area contributed by atoms with E-state index in [1.165, 1.54) is 43.4 Å². The predicted octanol–water partition coefficient (Wildman–Crippen LogP) is 9.76. The van der Waals surface area contributed by atoms with Gasteiger partial charge in [-0.2, -0.15) is 0 Å². The summed E-state index contributed by atoms with van der Waals surface area (Å²) in [6, 6.07) is 23.0. The number of nitrogens with two attached hydrogens (primary N) is 1.